The summed E-state index contributed by atoms with van der Waals surface area (Å²) in [7, 11) is -4.06. The molecule has 1 aliphatic heterocycles. The van der Waals surface area contributed by atoms with Crippen molar-refractivity contribution in [3.63, 3.8) is 0 Å². The van der Waals surface area contributed by atoms with Gasteiger partial charge in [0.05, 0.1) is 27.9 Å². The molecule has 2 N–H and O–H groups in total. The molecule has 1 heterocycles. The fourth-order valence-corrected chi connectivity index (χ4v) is 5.82. The number of benzene rings is 3. The van der Waals surface area contributed by atoms with Crippen molar-refractivity contribution in [1.29, 1.82) is 0 Å². The smallest absolute Gasteiger partial charge is 0.264 e. The minimum atomic E-state index is -4.06. The van der Waals surface area contributed by atoms with Gasteiger partial charge in [-0.15, -0.1) is 0 Å². The van der Waals surface area contributed by atoms with E-state index >= 15 is 0 Å². The van der Waals surface area contributed by atoms with Crippen molar-refractivity contribution < 1.29 is 22.7 Å². The molecule has 2 amide bonds. The SMILES string of the molecule is Cc1ccc(S(=O)(=O)N(CC(=O)Nc2ccccc2C(=O)NC[C@H]2CCCO2)c2ccc(C(C)C)cc2)cc1. The Bertz CT molecular complexity index is 1400. The van der Waals surface area contributed by atoms with Crippen molar-refractivity contribution in [2.75, 3.05) is 29.3 Å². The number of ether oxygens (including phenoxy) is 1. The summed E-state index contributed by atoms with van der Waals surface area (Å²) in [4.78, 5) is 26.2. The molecule has 4 rings (SSSR count). The molecule has 3 aromatic rings. The lowest BCUT2D eigenvalue weighted by atomic mass is 10.0. The molecule has 1 aliphatic rings. The largest absolute Gasteiger partial charge is 0.376 e. The highest BCUT2D eigenvalue weighted by Gasteiger charge is 2.28. The third kappa shape index (κ3) is 7.04. The summed E-state index contributed by atoms with van der Waals surface area (Å²) in [5, 5.41) is 5.61. The molecular weight excluding hydrogens is 514 g/mol. The Labute approximate surface area is 230 Å². The quantitative estimate of drug-likeness (QED) is 0.376. The fraction of sp³-hybridized carbons (Fsp3) is 0.333. The first kappa shape index (κ1) is 28.3. The molecule has 0 radical (unpaired) electrons. The number of sulfonamides is 1. The van der Waals surface area contributed by atoms with Gasteiger partial charge in [-0.05, 0) is 67.6 Å². The number of para-hydroxylation sites is 1. The highest BCUT2D eigenvalue weighted by Crippen LogP contribution is 2.26. The summed E-state index contributed by atoms with van der Waals surface area (Å²) >= 11 is 0. The molecule has 0 bridgehead atoms. The van der Waals surface area contributed by atoms with Gasteiger partial charge in [0, 0.05) is 13.2 Å². The summed E-state index contributed by atoms with van der Waals surface area (Å²) in [6.07, 6.45) is 1.84. The summed E-state index contributed by atoms with van der Waals surface area (Å²) in [6, 6.07) is 20.3. The number of nitrogens with one attached hydrogen (secondary N) is 2. The van der Waals surface area contributed by atoms with E-state index in [9.17, 15) is 18.0 Å². The van der Waals surface area contributed by atoms with E-state index in [2.05, 4.69) is 24.5 Å². The lowest BCUT2D eigenvalue weighted by Gasteiger charge is -2.25. The molecule has 0 saturated carbocycles. The van der Waals surface area contributed by atoms with Gasteiger partial charge in [-0.1, -0.05) is 55.8 Å². The van der Waals surface area contributed by atoms with Gasteiger partial charge in [0.25, 0.3) is 15.9 Å². The second-order valence-electron chi connectivity index (χ2n) is 10.0. The van der Waals surface area contributed by atoms with Gasteiger partial charge in [-0.3, -0.25) is 13.9 Å². The third-order valence-electron chi connectivity index (χ3n) is 6.70. The Balaban J connectivity index is 1.57. The third-order valence-corrected chi connectivity index (χ3v) is 8.49. The number of hydrogen-bond donors (Lipinski definition) is 2. The summed E-state index contributed by atoms with van der Waals surface area (Å²) in [5.74, 6) is -0.639. The van der Waals surface area contributed by atoms with Crippen LogP contribution in [0.4, 0.5) is 11.4 Å². The Hall–Kier alpha value is -3.69. The normalized spacial score (nSPS) is 15.2. The van der Waals surface area contributed by atoms with E-state index in [1.807, 2.05) is 19.1 Å². The van der Waals surface area contributed by atoms with E-state index in [1.165, 1.54) is 12.1 Å². The molecular formula is C30H35N3O5S. The van der Waals surface area contributed by atoms with Crippen molar-refractivity contribution in [3.8, 4) is 0 Å². The van der Waals surface area contributed by atoms with Gasteiger partial charge in [-0.25, -0.2) is 8.42 Å². The van der Waals surface area contributed by atoms with E-state index < -0.39 is 22.5 Å². The van der Waals surface area contributed by atoms with Crippen LogP contribution in [0.25, 0.3) is 0 Å². The summed E-state index contributed by atoms with van der Waals surface area (Å²) < 4.78 is 34.1. The lowest BCUT2D eigenvalue weighted by molar-refractivity contribution is -0.114. The maximum atomic E-state index is 13.7. The van der Waals surface area contributed by atoms with Gasteiger partial charge < -0.3 is 15.4 Å². The van der Waals surface area contributed by atoms with E-state index in [4.69, 9.17) is 4.74 Å². The van der Waals surface area contributed by atoms with Crippen LogP contribution in [0.1, 0.15) is 54.1 Å². The Morgan fingerprint density at radius 1 is 1.00 bits per heavy atom. The molecule has 206 valence electrons. The molecule has 8 nitrogen and oxygen atoms in total. The molecule has 1 atom stereocenters. The number of amides is 2. The number of hydrogen-bond acceptors (Lipinski definition) is 5. The van der Waals surface area contributed by atoms with Crippen LogP contribution in [0.5, 0.6) is 0 Å². The molecule has 0 unspecified atom stereocenters. The van der Waals surface area contributed by atoms with Crippen LogP contribution in [-0.2, 0) is 19.6 Å². The molecule has 1 saturated heterocycles. The number of rotatable bonds is 10. The highest BCUT2D eigenvalue weighted by atomic mass is 32.2. The zero-order valence-electron chi connectivity index (χ0n) is 22.5. The van der Waals surface area contributed by atoms with Crippen molar-refractivity contribution in [2.24, 2.45) is 0 Å². The van der Waals surface area contributed by atoms with E-state index in [0.717, 1.165) is 28.3 Å². The van der Waals surface area contributed by atoms with Crippen molar-refractivity contribution in [1.82, 2.24) is 5.32 Å². The van der Waals surface area contributed by atoms with Gasteiger partial charge in [0.15, 0.2) is 0 Å². The molecule has 39 heavy (non-hydrogen) atoms. The molecule has 9 heteroatoms. The number of aryl methyl sites for hydroxylation is 1. The van der Waals surface area contributed by atoms with Crippen LogP contribution in [0.2, 0.25) is 0 Å². The number of carbonyl (C=O) groups is 2. The average Bonchev–Trinajstić information content (AvgIpc) is 3.45. The fourth-order valence-electron chi connectivity index (χ4n) is 4.40. The second kappa shape index (κ2) is 12.4. The van der Waals surface area contributed by atoms with Crippen LogP contribution >= 0.6 is 0 Å². The number of nitrogens with zero attached hydrogens (tertiary/aromatic N) is 1. The van der Waals surface area contributed by atoms with Crippen LogP contribution in [0, 0.1) is 6.92 Å². The zero-order chi connectivity index (χ0) is 28.0. The number of carbonyl (C=O) groups excluding carboxylic acids is 2. The van der Waals surface area contributed by atoms with Crippen LogP contribution in [0.15, 0.2) is 77.7 Å². The van der Waals surface area contributed by atoms with Gasteiger partial charge >= 0.3 is 0 Å². The standard InChI is InChI=1S/C30H35N3O5S/c1-21(2)23-12-14-24(15-13-23)33(39(36,37)26-16-10-22(3)11-17-26)20-29(34)32-28-9-5-4-8-27(28)30(35)31-19-25-7-6-18-38-25/h4-5,8-17,21,25H,6-7,18-20H2,1-3H3,(H,31,35)(H,32,34)/t25-/m1/s1. The first-order valence-electron chi connectivity index (χ1n) is 13.1. The van der Waals surface area contributed by atoms with Gasteiger partial charge in [0.1, 0.15) is 6.54 Å². The summed E-state index contributed by atoms with van der Waals surface area (Å²) in [6.45, 7) is 6.59. The molecule has 1 fully saturated rings. The van der Waals surface area contributed by atoms with Crippen molar-refractivity contribution >= 4 is 33.2 Å². The Morgan fingerprint density at radius 2 is 1.69 bits per heavy atom. The molecule has 0 spiro atoms. The van der Waals surface area contributed by atoms with E-state index in [1.54, 1.807) is 48.5 Å². The minimum absolute atomic E-state index is 0.0154. The van der Waals surface area contributed by atoms with Crippen LogP contribution < -0.4 is 14.9 Å². The van der Waals surface area contributed by atoms with Crippen LogP contribution in [-0.4, -0.2) is 46.0 Å². The van der Waals surface area contributed by atoms with Crippen molar-refractivity contribution in [2.45, 2.75) is 50.5 Å². The molecule has 0 aliphatic carbocycles. The Morgan fingerprint density at radius 3 is 2.33 bits per heavy atom. The summed E-state index contributed by atoms with van der Waals surface area (Å²) in [5.41, 5.74) is 2.94. The maximum Gasteiger partial charge on any atom is 0.264 e. The first-order valence-corrected chi connectivity index (χ1v) is 14.6. The van der Waals surface area contributed by atoms with Crippen molar-refractivity contribution in [3.05, 3.63) is 89.5 Å². The predicted molar refractivity (Wildman–Crippen MR) is 153 cm³/mol. The zero-order valence-corrected chi connectivity index (χ0v) is 23.3. The van der Waals surface area contributed by atoms with E-state index in [-0.39, 0.29) is 28.4 Å². The topological polar surface area (TPSA) is 105 Å². The second-order valence-corrected chi connectivity index (χ2v) is 11.9. The monoisotopic (exact) mass is 549 g/mol. The maximum absolute atomic E-state index is 13.7. The lowest BCUT2D eigenvalue weighted by Crippen LogP contribution is -2.38. The first-order chi connectivity index (χ1) is 18.6. The number of anilines is 2. The van der Waals surface area contributed by atoms with Gasteiger partial charge in [-0.2, -0.15) is 0 Å². The van der Waals surface area contributed by atoms with Gasteiger partial charge in [0.2, 0.25) is 5.91 Å². The Kier molecular flexibility index (Phi) is 9.04. The molecule has 0 aromatic heterocycles. The average molecular weight is 550 g/mol. The minimum Gasteiger partial charge on any atom is -0.376 e. The van der Waals surface area contributed by atoms with E-state index in [0.29, 0.717) is 24.5 Å². The predicted octanol–water partition coefficient (Wildman–Crippen LogP) is 4.86. The van der Waals surface area contributed by atoms with Crippen LogP contribution in [0.3, 0.4) is 0 Å². The molecule has 3 aromatic carbocycles. The highest BCUT2D eigenvalue weighted by molar-refractivity contribution is 7.92.